The number of nitrogens with zero attached hydrogens (tertiary/aromatic N) is 1. The molecule has 3 N–H and O–H groups in total. The first-order chi connectivity index (χ1) is 6.79. The molecule has 0 aromatic heterocycles. The lowest BCUT2D eigenvalue weighted by atomic mass is 10.0. The van der Waals surface area contributed by atoms with E-state index in [2.05, 4.69) is 23.3 Å². The molecule has 0 saturated carbocycles. The summed E-state index contributed by atoms with van der Waals surface area (Å²) in [6, 6.07) is 0.529. The number of allylic oxidation sites excluding steroid dienone is 1. The van der Waals surface area contributed by atoms with Crippen LogP contribution in [-0.4, -0.2) is 23.8 Å². The number of rotatable bonds is 3. The van der Waals surface area contributed by atoms with Crippen LogP contribution in [0.3, 0.4) is 0 Å². The maximum absolute atomic E-state index is 5.75. The Labute approximate surface area is 89.2 Å². The minimum Gasteiger partial charge on any atom is -0.310 e. The van der Waals surface area contributed by atoms with Crippen LogP contribution in [0.2, 0.25) is 0 Å². The predicted octanol–water partition coefficient (Wildman–Crippen LogP) is 1.46. The van der Waals surface area contributed by atoms with Gasteiger partial charge in [0.1, 0.15) is 5.50 Å². The highest BCUT2D eigenvalue weighted by Crippen LogP contribution is 2.33. The normalized spacial score (nSPS) is 31.0. The van der Waals surface area contributed by atoms with Crippen molar-refractivity contribution < 1.29 is 0 Å². The van der Waals surface area contributed by atoms with Crippen molar-refractivity contribution in [3.8, 4) is 0 Å². The lowest BCUT2D eigenvalue weighted by molar-refractivity contribution is 0.557. The number of aliphatic imine (C=N–C) groups is 1. The van der Waals surface area contributed by atoms with E-state index in [0.717, 1.165) is 19.4 Å². The third kappa shape index (κ3) is 2.19. The van der Waals surface area contributed by atoms with Gasteiger partial charge in [0.2, 0.25) is 0 Å². The Hall–Kier alpha value is -0.320. The second-order valence-electron chi connectivity index (χ2n) is 3.71. The summed E-state index contributed by atoms with van der Waals surface area (Å²) in [5.41, 5.74) is 6.92. The number of nitrogens with one attached hydrogen (secondary N) is 1. The molecule has 1 heterocycles. The van der Waals surface area contributed by atoms with Crippen LogP contribution >= 0.6 is 11.8 Å². The molecule has 0 spiro atoms. The Balaban J connectivity index is 1.98. The van der Waals surface area contributed by atoms with Gasteiger partial charge in [0, 0.05) is 10.9 Å². The van der Waals surface area contributed by atoms with Crippen LogP contribution in [0.4, 0.5) is 0 Å². The van der Waals surface area contributed by atoms with Crippen molar-refractivity contribution in [1.29, 1.82) is 0 Å². The van der Waals surface area contributed by atoms with Gasteiger partial charge in [-0.05, 0) is 25.8 Å². The summed E-state index contributed by atoms with van der Waals surface area (Å²) in [7, 11) is 0. The molecule has 0 radical (unpaired) electrons. The van der Waals surface area contributed by atoms with E-state index in [-0.39, 0.29) is 5.50 Å². The maximum Gasteiger partial charge on any atom is 0.149 e. The largest absolute Gasteiger partial charge is 0.310 e. The highest BCUT2D eigenvalue weighted by molar-refractivity contribution is 8.04. The second-order valence-corrected chi connectivity index (χ2v) is 4.87. The third-order valence-electron chi connectivity index (χ3n) is 2.52. The average Bonchev–Trinajstić information content (AvgIpc) is 2.54. The lowest BCUT2D eigenvalue weighted by Crippen LogP contribution is -2.31. The summed E-state index contributed by atoms with van der Waals surface area (Å²) in [5, 5.41) is 3.51. The molecule has 2 atom stereocenters. The van der Waals surface area contributed by atoms with Gasteiger partial charge >= 0.3 is 0 Å². The van der Waals surface area contributed by atoms with E-state index >= 15 is 0 Å². The van der Waals surface area contributed by atoms with E-state index in [1.165, 1.54) is 17.0 Å². The smallest absolute Gasteiger partial charge is 0.149 e. The molecule has 1 aliphatic carbocycles. The summed E-state index contributed by atoms with van der Waals surface area (Å²) in [6.07, 6.45) is 5.71. The fourth-order valence-electron chi connectivity index (χ4n) is 1.81. The fraction of sp³-hybridized carbons (Fsp3) is 0.700. The highest BCUT2D eigenvalue weighted by atomic mass is 32.2. The number of fused-ring (bicyclic) bond motifs is 1. The fourth-order valence-corrected chi connectivity index (χ4v) is 2.79. The minimum atomic E-state index is -0.0545. The zero-order valence-corrected chi connectivity index (χ0v) is 9.31. The summed E-state index contributed by atoms with van der Waals surface area (Å²) in [5.74, 6) is 0. The standard InChI is InChI=1S/C10H17N3S/c1-2-5-12-7-3-4-8-9(6-7)14-10(11)13-8/h6-7,10,12H,2-5,11H2,1H3/t7-,10?/m0/s1. The molecule has 3 nitrogen and oxygen atoms in total. The zero-order chi connectivity index (χ0) is 9.97. The van der Waals surface area contributed by atoms with Gasteiger partial charge in [-0.15, -0.1) is 0 Å². The first-order valence-electron chi connectivity index (χ1n) is 5.24. The van der Waals surface area contributed by atoms with Crippen molar-refractivity contribution in [3.63, 3.8) is 0 Å². The van der Waals surface area contributed by atoms with Gasteiger partial charge < -0.3 is 11.1 Å². The van der Waals surface area contributed by atoms with Gasteiger partial charge in [-0.2, -0.15) is 0 Å². The van der Waals surface area contributed by atoms with Crippen LogP contribution in [0.1, 0.15) is 26.2 Å². The zero-order valence-electron chi connectivity index (χ0n) is 8.49. The number of nitrogens with two attached hydrogens (primary N) is 1. The topological polar surface area (TPSA) is 50.4 Å². The molecule has 2 aliphatic rings. The van der Waals surface area contributed by atoms with Gasteiger partial charge in [-0.25, -0.2) is 0 Å². The lowest BCUT2D eigenvalue weighted by Gasteiger charge is -2.20. The minimum absolute atomic E-state index is 0.0545. The molecule has 1 unspecified atom stereocenters. The van der Waals surface area contributed by atoms with Crippen molar-refractivity contribution in [2.45, 2.75) is 37.7 Å². The monoisotopic (exact) mass is 211 g/mol. The third-order valence-corrected chi connectivity index (χ3v) is 3.49. The van der Waals surface area contributed by atoms with Crippen LogP contribution in [0, 0.1) is 0 Å². The Morgan fingerprint density at radius 1 is 1.71 bits per heavy atom. The van der Waals surface area contributed by atoms with Gasteiger partial charge in [-0.1, -0.05) is 24.8 Å². The van der Waals surface area contributed by atoms with Crippen molar-refractivity contribution in [2.24, 2.45) is 10.7 Å². The van der Waals surface area contributed by atoms with E-state index in [0.29, 0.717) is 6.04 Å². The number of thioether (sulfide) groups is 1. The van der Waals surface area contributed by atoms with Crippen LogP contribution in [0.15, 0.2) is 16.0 Å². The Bertz CT molecular complexity index is 273. The molecule has 78 valence electrons. The molecule has 0 aromatic carbocycles. The quantitative estimate of drug-likeness (QED) is 0.743. The molecule has 2 rings (SSSR count). The predicted molar refractivity (Wildman–Crippen MR) is 62.4 cm³/mol. The molecule has 0 fully saturated rings. The molecular formula is C10H17N3S. The second kappa shape index (κ2) is 4.47. The maximum atomic E-state index is 5.75. The first kappa shape index (κ1) is 10.2. The van der Waals surface area contributed by atoms with Gasteiger partial charge in [0.05, 0.1) is 5.71 Å². The molecule has 0 amide bonds. The van der Waals surface area contributed by atoms with E-state index in [4.69, 9.17) is 5.73 Å². The Kier molecular flexibility index (Phi) is 3.26. The average molecular weight is 211 g/mol. The number of hydrogen-bond donors (Lipinski definition) is 2. The van der Waals surface area contributed by atoms with Crippen LogP contribution in [-0.2, 0) is 0 Å². The molecule has 0 aromatic rings. The molecule has 4 heteroatoms. The van der Waals surface area contributed by atoms with Gasteiger partial charge in [0.15, 0.2) is 0 Å². The number of hydrogen-bond acceptors (Lipinski definition) is 4. The van der Waals surface area contributed by atoms with Crippen molar-refractivity contribution in [2.75, 3.05) is 6.54 Å². The van der Waals surface area contributed by atoms with E-state index in [9.17, 15) is 0 Å². The summed E-state index contributed by atoms with van der Waals surface area (Å²) in [4.78, 5) is 5.69. The summed E-state index contributed by atoms with van der Waals surface area (Å²) < 4.78 is 0. The molecule has 0 bridgehead atoms. The van der Waals surface area contributed by atoms with Crippen LogP contribution in [0.5, 0.6) is 0 Å². The molecule has 1 aliphatic heterocycles. The molecule has 14 heavy (non-hydrogen) atoms. The van der Waals surface area contributed by atoms with Crippen LogP contribution in [0.25, 0.3) is 0 Å². The summed E-state index contributed by atoms with van der Waals surface area (Å²) >= 11 is 1.68. The van der Waals surface area contributed by atoms with E-state index < -0.39 is 0 Å². The van der Waals surface area contributed by atoms with Gasteiger partial charge in [-0.3, -0.25) is 4.99 Å². The van der Waals surface area contributed by atoms with E-state index in [1.807, 2.05) is 0 Å². The van der Waals surface area contributed by atoms with Gasteiger partial charge in [0.25, 0.3) is 0 Å². The Morgan fingerprint density at radius 2 is 2.57 bits per heavy atom. The summed E-state index contributed by atoms with van der Waals surface area (Å²) in [6.45, 7) is 3.29. The van der Waals surface area contributed by atoms with Crippen molar-refractivity contribution >= 4 is 17.5 Å². The van der Waals surface area contributed by atoms with Crippen molar-refractivity contribution in [3.05, 3.63) is 11.0 Å². The molecular weight excluding hydrogens is 194 g/mol. The van der Waals surface area contributed by atoms with Crippen molar-refractivity contribution in [1.82, 2.24) is 5.32 Å². The SMILES string of the molecule is CCCN[C@@H]1C=C2SC(N)N=C2CC1. The molecule has 0 saturated heterocycles. The first-order valence-corrected chi connectivity index (χ1v) is 6.12. The van der Waals surface area contributed by atoms with E-state index in [1.54, 1.807) is 11.8 Å². The Morgan fingerprint density at radius 3 is 3.36 bits per heavy atom. The highest BCUT2D eigenvalue weighted by Gasteiger charge is 2.25. The van der Waals surface area contributed by atoms with Crippen LogP contribution < -0.4 is 11.1 Å².